The van der Waals surface area contributed by atoms with Crippen LogP contribution in [0.4, 0.5) is 0 Å². The minimum atomic E-state index is 0.735. The maximum atomic E-state index is 5.17. The van der Waals surface area contributed by atoms with Crippen LogP contribution in [0.1, 0.15) is 10.4 Å². The summed E-state index contributed by atoms with van der Waals surface area (Å²) in [5, 5.41) is 2.11. The molecule has 1 rings (SSSR count). The zero-order chi connectivity index (χ0) is 7.56. The molecule has 1 aromatic heterocycles. The van der Waals surface area contributed by atoms with Crippen molar-refractivity contribution in [2.45, 2.75) is 13.3 Å². The monoisotopic (exact) mass is 214 g/mol. The average molecular weight is 215 g/mol. The van der Waals surface area contributed by atoms with Gasteiger partial charge >= 0.3 is 0 Å². The highest BCUT2D eigenvalue weighted by Gasteiger charge is 2.02. The number of aryl methyl sites for hydroxylation is 1. The van der Waals surface area contributed by atoms with Crippen LogP contribution in [0.5, 0.6) is 0 Å². The van der Waals surface area contributed by atoms with Gasteiger partial charge in [-0.25, -0.2) is 0 Å². The van der Waals surface area contributed by atoms with Crippen LogP contribution in [0.2, 0.25) is 0 Å². The van der Waals surface area contributed by atoms with E-state index in [1.54, 1.807) is 11.3 Å². The molecule has 0 aromatic carbocycles. The number of terminal acetylenes is 1. The fourth-order valence-electron chi connectivity index (χ4n) is 0.695. The van der Waals surface area contributed by atoms with Gasteiger partial charge in [-0.15, -0.1) is 23.7 Å². The van der Waals surface area contributed by atoms with E-state index in [0.29, 0.717) is 0 Å². The van der Waals surface area contributed by atoms with Gasteiger partial charge in [0, 0.05) is 15.8 Å². The van der Waals surface area contributed by atoms with Crippen molar-refractivity contribution in [3.8, 4) is 12.3 Å². The Morgan fingerprint density at radius 3 is 2.90 bits per heavy atom. The van der Waals surface area contributed by atoms with Crippen LogP contribution >= 0.6 is 27.3 Å². The Bertz CT molecular complexity index is 267. The molecule has 0 aliphatic carbocycles. The van der Waals surface area contributed by atoms with Crippen LogP contribution in [0.3, 0.4) is 0 Å². The van der Waals surface area contributed by atoms with Crippen molar-refractivity contribution in [3.05, 3.63) is 20.3 Å². The van der Waals surface area contributed by atoms with Crippen molar-refractivity contribution in [3.63, 3.8) is 0 Å². The van der Waals surface area contributed by atoms with Crippen LogP contribution in [-0.4, -0.2) is 0 Å². The Morgan fingerprint density at radius 1 is 1.80 bits per heavy atom. The molecule has 0 fully saturated rings. The van der Waals surface area contributed by atoms with Gasteiger partial charge in [0.25, 0.3) is 0 Å². The lowest BCUT2D eigenvalue weighted by Crippen LogP contribution is -1.74. The maximum absolute atomic E-state index is 5.17. The summed E-state index contributed by atoms with van der Waals surface area (Å²) in [4.78, 5) is 1.25. The molecule has 0 unspecified atom stereocenters. The molecule has 2 heteroatoms. The summed E-state index contributed by atoms with van der Waals surface area (Å²) in [5.74, 6) is 2.62. The molecule has 0 spiro atoms. The predicted octanol–water partition coefficient (Wildman–Crippen LogP) is 2.99. The molecular weight excluding hydrogens is 208 g/mol. The lowest BCUT2D eigenvalue weighted by Gasteiger charge is -1.89. The summed E-state index contributed by atoms with van der Waals surface area (Å²) in [6, 6.07) is 0. The summed E-state index contributed by atoms with van der Waals surface area (Å²) in [6.45, 7) is 2.07. The van der Waals surface area contributed by atoms with E-state index < -0.39 is 0 Å². The molecule has 0 aliphatic rings. The molecule has 0 nitrogen and oxygen atoms in total. The largest absolute Gasteiger partial charge is 0.146 e. The molecule has 0 saturated heterocycles. The van der Waals surface area contributed by atoms with E-state index in [1.807, 2.05) is 0 Å². The third kappa shape index (κ3) is 1.42. The smallest absolute Gasteiger partial charge is 0.0443 e. The Morgan fingerprint density at radius 2 is 2.50 bits per heavy atom. The molecule has 0 aliphatic heterocycles. The second kappa shape index (κ2) is 3.23. The Balaban J connectivity index is 2.96. The second-order valence-corrected chi connectivity index (χ2v) is 3.79. The molecule has 0 bridgehead atoms. The van der Waals surface area contributed by atoms with E-state index in [1.165, 1.54) is 14.9 Å². The quantitative estimate of drug-likeness (QED) is 0.631. The Kier molecular flexibility index (Phi) is 2.53. The van der Waals surface area contributed by atoms with Gasteiger partial charge in [0.2, 0.25) is 0 Å². The van der Waals surface area contributed by atoms with Crippen LogP contribution in [0.15, 0.2) is 9.85 Å². The summed E-state index contributed by atoms with van der Waals surface area (Å²) in [7, 11) is 0. The van der Waals surface area contributed by atoms with Gasteiger partial charge < -0.3 is 0 Å². The zero-order valence-corrected chi connectivity index (χ0v) is 8.05. The molecule has 52 valence electrons. The highest BCUT2D eigenvalue weighted by atomic mass is 79.9. The highest BCUT2D eigenvalue weighted by molar-refractivity contribution is 9.10. The van der Waals surface area contributed by atoms with Gasteiger partial charge in [0.1, 0.15) is 0 Å². The number of halogens is 1. The summed E-state index contributed by atoms with van der Waals surface area (Å²) in [6.07, 6.45) is 5.91. The first-order chi connectivity index (χ1) is 4.75. The molecule has 0 radical (unpaired) electrons. The zero-order valence-electron chi connectivity index (χ0n) is 5.65. The normalized spacial score (nSPS) is 9.30. The lowest BCUT2D eigenvalue weighted by molar-refractivity contribution is 1.36. The summed E-state index contributed by atoms with van der Waals surface area (Å²) in [5.41, 5.74) is 1.27. The molecule has 1 heterocycles. The topological polar surface area (TPSA) is 0 Å². The van der Waals surface area contributed by atoms with Crippen molar-refractivity contribution in [1.29, 1.82) is 0 Å². The molecule has 0 saturated carbocycles. The molecule has 0 amide bonds. The molecule has 0 atom stereocenters. The summed E-state index contributed by atoms with van der Waals surface area (Å²) >= 11 is 5.18. The molecule has 1 aromatic rings. The predicted molar refractivity (Wildman–Crippen MR) is 49.3 cm³/mol. The first kappa shape index (κ1) is 7.84. The van der Waals surface area contributed by atoms with Gasteiger partial charge in [-0.05, 0) is 33.8 Å². The van der Waals surface area contributed by atoms with Gasteiger partial charge in [-0.3, -0.25) is 0 Å². The van der Waals surface area contributed by atoms with E-state index >= 15 is 0 Å². The van der Waals surface area contributed by atoms with Crippen LogP contribution in [0, 0.1) is 19.3 Å². The van der Waals surface area contributed by atoms with Crippen LogP contribution in [-0.2, 0) is 6.42 Å². The second-order valence-electron chi connectivity index (χ2n) is 2.04. The molecular formula is C8H7BrS. The van der Waals surface area contributed by atoms with Gasteiger partial charge in [-0.2, -0.15) is 0 Å². The maximum Gasteiger partial charge on any atom is 0.0443 e. The SMILES string of the molecule is C#CCc1scc(C)c1Br. The number of thiophene rings is 1. The number of rotatable bonds is 1. The van der Waals surface area contributed by atoms with Gasteiger partial charge in [0.05, 0.1) is 0 Å². The van der Waals surface area contributed by atoms with Crippen LogP contribution in [0.25, 0.3) is 0 Å². The average Bonchev–Trinajstić information content (AvgIpc) is 2.20. The third-order valence-corrected chi connectivity index (χ3v) is 3.70. The molecule has 0 N–H and O–H groups in total. The van der Waals surface area contributed by atoms with E-state index in [-0.39, 0.29) is 0 Å². The van der Waals surface area contributed by atoms with Crippen molar-refractivity contribution < 1.29 is 0 Å². The third-order valence-electron chi connectivity index (χ3n) is 1.23. The molecule has 10 heavy (non-hydrogen) atoms. The fourth-order valence-corrected chi connectivity index (χ4v) is 2.25. The Hall–Kier alpha value is -0.260. The highest BCUT2D eigenvalue weighted by Crippen LogP contribution is 2.27. The number of hydrogen-bond acceptors (Lipinski definition) is 1. The summed E-state index contributed by atoms with van der Waals surface area (Å²) < 4.78 is 1.18. The Labute approximate surface area is 73.4 Å². The van der Waals surface area contributed by atoms with Crippen molar-refractivity contribution in [2.24, 2.45) is 0 Å². The van der Waals surface area contributed by atoms with E-state index in [4.69, 9.17) is 6.42 Å². The minimum absolute atomic E-state index is 0.735. The van der Waals surface area contributed by atoms with Crippen molar-refractivity contribution in [2.75, 3.05) is 0 Å². The van der Waals surface area contributed by atoms with E-state index in [0.717, 1.165) is 6.42 Å². The number of hydrogen-bond donors (Lipinski definition) is 0. The minimum Gasteiger partial charge on any atom is -0.146 e. The van der Waals surface area contributed by atoms with E-state index in [9.17, 15) is 0 Å². The first-order valence-corrected chi connectivity index (χ1v) is 4.59. The fraction of sp³-hybridized carbons (Fsp3) is 0.250. The first-order valence-electron chi connectivity index (χ1n) is 2.91. The van der Waals surface area contributed by atoms with Gasteiger partial charge in [0.15, 0.2) is 0 Å². The lowest BCUT2D eigenvalue weighted by atomic mass is 10.3. The van der Waals surface area contributed by atoms with E-state index in [2.05, 4.69) is 34.2 Å². The van der Waals surface area contributed by atoms with Crippen LogP contribution < -0.4 is 0 Å². The standard InChI is InChI=1S/C8H7BrS/c1-3-4-7-8(9)6(2)5-10-7/h1,5H,4H2,2H3. The van der Waals surface area contributed by atoms with Crippen molar-refractivity contribution in [1.82, 2.24) is 0 Å². The van der Waals surface area contributed by atoms with Crippen molar-refractivity contribution >= 4 is 27.3 Å². The van der Waals surface area contributed by atoms with Gasteiger partial charge in [-0.1, -0.05) is 0 Å².